The zero-order chi connectivity index (χ0) is 13.5. The molecule has 4 heteroatoms. The van der Waals surface area contributed by atoms with Crippen LogP contribution < -0.4 is 5.32 Å². The molecule has 1 amide bonds. The molecule has 1 heterocycles. The molecule has 2 aliphatic rings. The summed E-state index contributed by atoms with van der Waals surface area (Å²) in [6.07, 6.45) is 7.93. The van der Waals surface area contributed by atoms with Crippen molar-refractivity contribution in [2.45, 2.75) is 52.4 Å². The third-order valence-corrected chi connectivity index (χ3v) is 5.18. The quantitative estimate of drug-likeness (QED) is 0.907. The molecule has 1 aromatic rings. The lowest BCUT2D eigenvalue weighted by Gasteiger charge is -2.51. The second kappa shape index (κ2) is 4.66. The maximum Gasteiger partial charge on any atom is 0.256 e. The summed E-state index contributed by atoms with van der Waals surface area (Å²) in [5.41, 5.74) is 1.69. The third-order valence-electron chi connectivity index (χ3n) is 5.18. The summed E-state index contributed by atoms with van der Waals surface area (Å²) in [4.78, 5) is 12.3. The van der Waals surface area contributed by atoms with Crippen molar-refractivity contribution >= 4 is 5.91 Å². The van der Waals surface area contributed by atoms with Crippen molar-refractivity contribution in [3.63, 3.8) is 0 Å². The van der Waals surface area contributed by atoms with Crippen LogP contribution in [0.4, 0.5) is 0 Å². The van der Waals surface area contributed by atoms with E-state index < -0.39 is 0 Å². The minimum absolute atomic E-state index is 0.0261. The summed E-state index contributed by atoms with van der Waals surface area (Å²) < 4.78 is 5.06. The number of rotatable bonds is 4. The van der Waals surface area contributed by atoms with Gasteiger partial charge in [0.2, 0.25) is 0 Å². The minimum Gasteiger partial charge on any atom is -0.361 e. The van der Waals surface area contributed by atoms with Crippen LogP contribution in [0, 0.1) is 25.2 Å². The molecule has 19 heavy (non-hydrogen) atoms. The van der Waals surface area contributed by atoms with Crippen LogP contribution >= 0.6 is 0 Å². The SMILES string of the molecule is Cc1noc(C)c1C(=O)NCC1(C2CCC2)CCC1. The van der Waals surface area contributed by atoms with E-state index in [0.717, 1.165) is 12.5 Å². The van der Waals surface area contributed by atoms with Gasteiger partial charge in [-0.2, -0.15) is 0 Å². The summed E-state index contributed by atoms with van der Waals surface area (Å²) >= 11 is 0. The van der Waals surface area contributed by atoms with E-state index in [1.54, 1.807) is 6.92 Å². The van der Waals surface area contributed by atoms with Crippen LogP contribution in [0.1, 0.15) is 60.3 Å². The van der Waals surface area contributed by atoms with Gasteiger partial charge >= 0.3 is 0 Å². The lowest BCUT2D eigenvalue weighted by molar-refractivity contribution is 0.00352. The molecule has 104 valence electrons. The van der Waals surface area contributed by atoms with E-state index in [-0.39, 0.29) is 5.91 Å². The van der Waals surface area contributed by atoms with Crippen molar-refractivity contribution in [2.24, 2.45) is 11.3 Å². The highest BCUT2D eigenvalue weighted by atomic mass is 16.5. The molecule has 0 aliphatic heterocycles. The van der Waals surface area contributed by atoms with Gasteiger partial charge in [-0.25, -0.2) is 0 Å². The summed E-state index contributed by atoms with van der Waals surface area (Å²) in [5.74, 6) is 1.43. The number of hydrogen-bond donors (Lipinski definition) is 1. The summed E-state index contributed by atoms with van der Waals surface area (Å²) in [7, 11) is 0. The Hall–Kier alpha value is -1.32. The van der Waals surface area contributed by atoms with Crippen LogP contribution in [-0.4, -0.2) is 17.6 Å². The van der Waals surface area contributed by atoms with Gasteiger partial charge in [0, 0.05) is 6.54 Å². The van der Waals surface area contributed by atoms with Gasteiger partial charge < -0.3 is 9.84 Å². The van der Waals surface area contributed by atoms with Crippen molar-refractivity contribution in [1.82, 2.24) is 10.5 Å². The van der Waals surface area contributed by atoms with E-state index in [1.807, 2.05) is 6.92 Å². The Balaban J connectivity index is 1.64. The Morgan fingerprint density at radius 3 is 2.53 bits per heavy atom. The van der Waals surface area contributed by atoms with Gasteiger partial charge in [-0.05, 0) is 50.9 Å². The van der Waals surface area contributed by atoms with E-state index in [1.165, 1.54) is 38.5 Å². The van der Waals surface area contributed by atoms with Gasteiger partial charge in [0.15, 0.2) is 0 Å². The molecule has 2 aliphatic carbocycles. The first-order valence-electron chi connectivity index (χ1n) is 7.33. The molecule has 0 bridgehead atoms. The van der Waals surface area contributed by atoms with Gasteiger partial charge in [-0.15, -0.1) is 0 Å². The van der Waals surface area contributed by atoms with Crippen LogP contribution in [0.25, 0.3) is 0 Å². The van der Waals surface area contributed by atoms with Gasteiger partial charge in [0.1, 0.15) is 11.3 Å². The molecular formula is C15H22N2O2. The van der Waals surface area contributed by atoms with Crippen molar-refractivity contribution in [1.29, 1.82) is 0 Å². The molecule has 0 atom stereocenters. The molecule has 3 rings (SSSR count). The Bertz CT molecular complexity index is 465. The second-order valence-electron chi connectivity index (χ2n) is 6.23. The van der Waals surface area contributed by atoms with Gasteiger partial charge in [0.25, 0.3) is 5.91 Å². The van der Waals surface area contributed by atoms with E-state index in [4.69, 9.17) is 4.52 Å². The fourth-order valence-corrected chi connectivity index (χ4v) is 3.53. The van der Waals surface area contributed by atoms with Gasteiger partial charge in [-0.1, -0.05) is 18.0 Å². The highest BCUT2D eigenvalue weighted by Gasteiger charge is 2.46. The number of carbonyl (C=O) groups is 1. The Kier molecular flexibility index (Phi) is 3.11. The van der Waals surface area contributed by atoms with Crippen molar-refractivity contribution < 1.29 is 9.32 Å². The summed E-state index contributed by atoms with van der Waals surface area (Å²) in [6.45, 7) is 4.43. The van der Waals surface area contributed by atoms with Crippen molar-refractivity contribution in [3.8, 4) is 0 Å². The largest absolute Gasteiger partial charge is 0.361 e. The zero-order valence-corrected chi connectivity index (χ0v) is 11.8. The second-order valence-corrected chi connectivity index (χ2v) is 6.23. The number of aromatic nitrogens is 1. The van der Waals surface area contributed by atoms with E-state index in [2.05, 4.69) is 10.5 Å². The number of amides is 1. The maximum atomic E-state index is 12.3. The number of nitrogens with one attached hydrogen (secondary N) is 1. The van der Waals surface area contributed by atoms with E-state index >= 15 is 0 Å². The smallest absolute Gasteiger partial charge is 0.256 e. The van der Waals surface area contributed by atoms with Crippen LogP contribution in [0.3, 0.4) is 0 Å². The highest BCUT2D eigenvalue weighted by Crippen LogP contribution is 2.53. The van der Waals surface area contributed by atoms with Crippen LogP contribution in [0.15, 0.2) is 4.52 Å². The first-order valence-corrected chi connectivity index (χ1v) is 7.33. The van der Waals surface area contributed by atoms with E-state index in [0.29, 0.717) is 22.4 Å². The molecular weight excluding hydrogens is 240 g/mol. The molecule has 1 N–H and O–H groups in total. The molecule has 2 saturated carbocycles. The molecule has 0 spiro atoms. The monoisotopic (exact) mass is 262 g/mol. The fraction of sp³-hybridized carbons (Fsp3) is 0.733. The maximum absolute atomic E-state index is 12.3. The van der Waals surface area contributed by atoms with Crippen LogP contribution in [0.2, 0.25) is 0 Å². The summed E-state index contributed by atoms with van der Waals surface area (Å²) in [5, 5.41) is 6.96. The van der Waals surface area contributed by atoms with Gasteiger partial charge in [-0.3, -0.25) is 4.79 Å². The number of hydrogen-bond acceptors (Lipinski definition) is 3. The molecule has 0 unspecified atom stereocenters. The number of carbonyl (C=O) groups excluding carboxylic acids is 1. The van der Waals surface area contributed by atoms with E-state index in [9.17, 15) is 4.79 Å². The Labute approximate surface area is 113 Å². The predicted molar refractivity (Wildman–Crippen MR) is 71.9 cm³/mol. The van der Waals surface area contributed by atoms with Crippen molar-refractivity contribution in [3.05, 3.63) is 17.0 Å². The summed E-state index contributed by atoms with van der Waals surface area (Å²) in [6, 6.07) is 0. The van der Waals surface area contributed by atoms with Crippen LogP contribution in [-0.2, 0) is 0 Å². The fourth-order valence-electron chi connectivity index (χ4n) is 3.53. The standard InChI is InChI=1S/C15H22N2O2/c1-10-13(11(2)19-17-10)14(18)16-9-15(7-4-8-15)12-5-3-6-12/h12H,3-9H2,1-2H3,(H,16,18). The first kappa shape index (κ1) is 12.7. The molecule has 4 nitrogen and oxygen atoms in total. The highest BCUT2D eigenvalue weighted by molar-refractivity contribution is 5.96. The van der Waals surface area contributed by atoms with Gasteiger partial charge in [0.05, 0.1) is 5.69 Å². The number of aryl methyl sites for hydroxylation is 2. The minimum atomic E-state index is -0.0261. The normalized spacial score (nSPS) is 21.6. The topological polar surface area (TPSA) is 55.1 Å². The Morgan fingerprint density at radius 2 is 2.11 bits per heavy atom. The molecule has 0 aromatic carbocycles. The average molecular weight is 262 g/mol. The molecule has 2 fully saturated rings. The lowest BCUT2D eigenvalue weighted by Crippen LogP contribution is -2.49. The first-order chi connectivity index (χ1) is 9.12. The van der Waals surface area contributed by atoms with Crippen LogP contribution in [0.5, 0.6) is 0 Å². The predicted octanol–water partition coefficient (Wildman–Crippen LogP) is 2.99. The number of nitrogens with zero attached hydrogens (tertiary/aromatic N) is 1. The zero-order valence-electron chi connectivity index (χ0n) is 11.8. The van der Waals surface area contributed by atoms with Crippen molar-refractivity contribution in [2.75, 3.05) is 6.54 Å². The molecule has 1 aromatic heterocycles. The Morgan fingerprint density at radius 1 is 1.37 bits per heavy atom. The molecule has 0 radical (unpaired) electrons. The lowest BCUT2D eigenvalue weighted by atomic mass is 9.55. The third kappa shape index (κ3) is 2.07. The molecule has 0 saturated heterocycles. The average Bonchev–Trinajstić information content (AvgIpc) is 2.59.